The Morgan fingerprint density at radius 1 is 1.24 bits per heavy atom. The van der Waals surface area contributed by atoms with E-state index < -0.39 is 0 Å². The number of oxazole rings is 1. The first-order valence-electron chi connectivity index (χ1n) is 5.31. The number of nitrogens with zero attached hydrogens (tertiary/aromatic N) is 2. The van der Waals surface area contributed by atoms with Crippen LogP contribution in [0.25, 0.3) is 22.6 Å². The van der Waals surface area contributed by atoms with Crippen LogP contribution in [0.2, 0.25) is 0 Å². The Labute approximate surface area is 98.1 Å². The van der Waals surface area contributed by atoms with Crippen LogP contribution in [0.3, 0.4) is 0 Å². The summed E-state index contributed by atoms with van der Waals surface area (Å²) in [7, 11) is 0. The van der Waals surface area contributed by atoms with Crippen LogP contribution in [0.5, 0.6) is 0 Å². The Kier molecular flexibility index (Phi) is 2.08. The van der Waals surface area contributed by atoms with Crippen LogP contribution < -0.4 is 5.73 Å². The summed E-state index contributed by atoms with van der Waals surface area (Å²) in [4.78, 5) is 8.49. The van der Waals surface area contributed by atoms with Gasteiger partial charge in [-0.15, -0.1) is 0 Å². The zero-order chi connectivity index (χ0) is 11.8. The van der Waals surface area contributed by atoms with E-state index in [-0.39, 0.29) is 0 Å². The molecule has 1 aromatic carbocycles. The average Bonchev–Trinajstić information content (AvgIpc) is 2.74. The van der Waals surface area contributed by atoms with E-state index in [4.69, 9.17) is 10.2 Å². The van der Waals surface area contributed by atoms with Crippen LogP contribution in [0.4, 0.5) is 5.69 Å². The third-order valence-electron chi connectivity index (χ3n) is 2.63. The molecule has 0 aliphatic rings. The lowest BCUT2D eigenvalue weighted by molar-refractivity contribution is 0.619. The van der Waals surface area contributed by atoms with Crippen LogP contribution in [0.1, 0.15) is 5.56 Å². The van der Waals surface area contributed by atoms with Crippen molar-refractivity contribution in [2.45, 2.75) is 6.92 Å². The quantitative estimate of drug-likeness (QED) is 0.691. The van der Waals surface area contributed by atoms with E-state index >= 15 is 0 Å². The zero-order valence-corrected chi connectivity index (χ0v) is 9.34. The molecule has 3 rings (SSSR count). The number of benzene rings is 1. The first-order chi connectivity index (χ1) is 8.24. The van der Waals surface area contributed by atoms with E-state index in [1.54, 1.807) is 18.5 Å². The topological polar surface area (TPSA) is 64.9 Å². The van der Waals surface area contributed by atoms with Crippen molar-refractivity contribution in [3.8, 4) is 11.5 Å². The van der Waals surface area contributed by atoms with E-state index in [0.29, 0.717) is 11.6 Å². The van der Waals surface area contributed by atoms with Crippen molar-refractivity contribution in [2.75, 3.05) is 5.73 Å². The number of aryl methyl sites for hydroxylation is 1. The molecule has 2 heterocycles. The van der Waals surface area contributed by atoms with Gasteiger partial charge < -0.3 is 10.2 Å². The van der Waals surface area contributed by atoms with Crippen LogP contribution in [-0.4, -0.2) is 9.97 Å². The average molecular weight is 225 g/mol. The Morgan fingerprint density at radius 2 is 2.12 bits per heavy atom. The fourth-order valence-electron chi connectivity index (χ4n) is 1.78. The third-order valence-corrected chi connectivity index (χ3v) is 2.63. The first-order valence-corrected chi connectivity index (χ1v) is 5.31. The summed E-state index contributed by atoms with van der Waals surface area (Å²) in [5.74, 6) is 0.550. The molecule has 0 unspecified atom stereocenters. The minimum atomic E-state index is 0.550. The van der Waals surface area contributed by atoms with Gasteiger partial charge in [0.05, 0.1) is 11.3 Å². The van der Waals surface area contributed by atoms with Gasteiger partial charge in [-0.05, 0) is 24.6 Å². The van der Waals surface area contributed by atoms with E-state index in [0.717, 1.165) is 22.2 Å². The Bertz CT molecular complexity index is 688. The molecule has 0 bridgehead atoms. The molecule has 4 heteroatoms. The Morgan fingerprint density at radius 3 is 2.88 bits per heavy atom. The fourth-order valence-corrected chi connectivity index (χ4v) is 1.78. The third kappa shape index (κ3) is 1.63. The normalized spacial score (nSPS) is 10.9. The second kappa shape index (κ2) is 3.59. The summed E-state index contributed by atoms with van der Waals surface area (Å²) in [6.07, 6.45) is 3.29. The van der Waals surface area contributed by atoms with Gasteiger partial charge in [0.1, 0.15) is 5.52 Å². The summed E-state index contributed by atoms with van der Waals surface area (Å²) in [5, 5.41) is 0. The minimum Gasteiger partial charge on any atom is -0.436 e. The molecular weight excluding hydrogens is 214 g/mol. The van der Waals surface area contributed by atoms with Crippen molar-refractivity contribution >= 4 is 16.8 Å². The van der Waals surface area contributed by atoms with Gasteiger partial charge in [0.2, 0.25) is 5.89 Å². The van der Waals surface area contributed by atoms with Crippen LogP contribution in [-0.2, 0) is 0 Å². The molecule has 2 N–H and O–H groups in total. The molecule has 0 amide bonds. The van der Waals surface area contributed by atoms with Gasteiger partial charge >= 0.3 is 0 Å². The van der Waals surface area contributed by atoms with Crippen molar-refractivity contribution in [3.63, 3.8) is 0 Å². The number of rotatable bonds is 1. The highest BCUT2D eigenvalue weighted by Crippen LogP contribution is 2.26. The predicted molar refractivity (Wildman–Crippen MR) is 66.4 cm³/mol. The molecule has 0 atom stereocenters. The number of fused-ring (bicyclic) bond motifs is 1. The Balaban J connectivity index is 2.22. The summed E-state index contributed by atoms with van der Waals surface area (Å²) >= 11 is 0. The van der Waals surface area contributed by atoms with E-state index in [1.165, 1.54) is 0 Å². The highest BCUT2D eigenvalue weighted by atomic mass is 16.3. The largest absolute Gasteiger partial charge is 0.436 e. The SMILES string of the molecule is Cc1cccc2oc(-c3cncc(N)c3)nc12. The van der Waals surface area contributed by atoms with Crippen LogP contribution in [0.15, 0.2) is 41.1 Å². The Hall–Kier alpha value is -2.36. The summed E-state index contributed by atoms with van der Waals surface area (Å²) < 4.78 is 5.68. The van der Waals surface area contributed by atoms with E-state index in [9.17, 15) is 0 Å². The van der Waals surface area contributed by atoms with Crippen molar-refractivity contribution in [2.24, 2.45) is 0 Å². The van der Waals surface area contributed by atoms with Gasteiger partial charge in [0.15, 0.2) is 5.58 Å². The van der Waals surface area contributed by atoms with Gasteiger partial charge in [0, 0.05) is 12.4 Å². The smallest absolute Gasteiger partial charge is 0.228 e. The van der Waals surface area contributed by atoms with Gasteiger partial charge in [-0.3, -0.25) is 4.98 Å². The summed E-state index contributed by atoms with van der Waals surface area (Å²) in [6.45, 7) is 2.01. The molecule has 0 saturated heterocycles. The lowest BCUT2D eigenvalue weighted by atomic mass is 10.2. The van der Waals surface area contributed by atoms with Crippen LogP contribution in [0, 0.1) is 6.92 Å². The number of hydrogen-bond acceptors (Lipinski definition) is 4. The highest BCUT2D eigenvalue weighted by molar-refractivity contribution is 5.79. The minimum absolute atomic E-state index is 0.550. The molecule has 17 heavy (non-hydrogen) atoms. The van der Waals surface area contributed by atoms with Crippen molar-refractivity contribution in [1.29, 1.82) is 0 Å². The zero-order valence-electron chi connectivity index (χ0n) is 9.34. The van der Waals surface area contributed by atoms with Gasteiger partial charge in [-0.25, -0.2) is 4.98 Å². The van der Waals surface area contributed by atoms with E-state index in [1.807, 2.05) is 25.1 Å². The molecule has 0 aliphatic heterocycles. The number of aromatic nitrogens is 2. The molecule has 4 nitrogen and oxygen atoms in total. The number of pyridine rings is 1. The van der Waals surface area contributed by atoms with Crippen LogP contribution >= 0.6 is 0 Å². The number of anilines is 1. The predicted octanol–water partition coefficient (Wildman–Crippen LogP) is 2.78. The molecule has 2 aromatic heterocycles. The maximum absolute atomic E-state index is 5.69. The van der Waals surface area contributed by atoms with Crippen molar-refractivity contribution in [1.82, 2.24) is 9.97 Å². The summed E-state index contributed by atoms with van der Waals surface area (Å²) in [5.41, 5.74) is 9.83. The number of hydrogen-bond donors (Lipinski definition) is 1. The summed E-state index contributed by atoms with van der Waals surface area (Å²) in [6, 6.07) is 7.65. The number of nitrogen functional groups attached to an aromatic ring is 1. The van der Waals surface area contributed by atoms with Gasteiger partial charge in [0.25, 0.3) is 0 Å². The van der Waals surface area contributed by atoms with Gasteiger partial charge in [-0.1, -0.05) is 12.1 Å². The molecule has 0 spiro atoms. The second-order valence-electron chi connectivity index (χ2n) is 3.95. The van der Waals surface area contributed by atoms with E-state index in [2.05, 4.69) is 9.97 Å². The molecular formula is C13H11N3O. The molecule has 0 aliphatic carbocycles. The monoisotopic (exact) mass is 225 g/mol. The first kappa shape index (κ1) is 9.84. The maximum atomic E-state index is 5.69. The lowest BCUT2D eigenvalue weighted by Crippen LogP contribution is -1.87. The van der Waals surface area contributed by atoms with Crippen molar-refractivity contribution < 1.29 is 4.42 Å². The fraction of sp³-hybridized carbons (Fsp3) is 0.0769. The molecule has 0 saturated carbocycles. The molecule has 84 valence electrons. The second-order valence-corrected chi connectivity index (χ2v) is 3.95. The number of para-hydroxylation sites is 1. The van der Waals surface area contributed by atoms with Crippen molar-refractivity contribution in [3.05, 3.63) is 42.2 Å². The number of nitrogens with two attached hydrogens (primary N) is 1. The standard InChI is InChI=1S/C13H11N3O/c1-8-3-2-4-11-12(8)16-13(17-11)9-5-10(14)7-15-6-9/h2-7H,14H2,1H3. The van der Waals surface area contributed by atoms with Gasteiger partial charge in [-0.2, -0.15) is 0 Å². The lowest BCUT2D eigenvalue weighted by Gasteiger charge is -1.95. The molecule has 0 fully saturated rings. The highest BCUT2D eigenvalue weighted by Gasteiger charge is 2.09. The molecule has 3 aromatic rings. The molecule has 0 radical (unpaired) electrons. The maximum Gasteiger partial charge on any atom is 0.228 e.